The van der Waals surface area contributed by atoms with Gasteiger partial charge in [0.25, 0.3) is 0 Å². The van der Waals surface area contributed by atoms with E-state index in [1.165, 1.54) is 0 Å². The van der Waals surface area contributed by atoms with Crippen LogP contribution in [0.1, 0.15) is 18.3 Å². The summed E-state index contributed by atoms with van der Waals surface area (Å²) in [5.74, 6) is 0. The number of thiazole rings is 1. The summed E-state index contributed by atoms with van der Waals surface area (Å²) < 4.78 is 2.89. The molecule has 0 saturated carbocycles. The Hall–Kier alpha value is -0.750. The zero-order valence-electron chi connectivity index (χ0n) is 7.64. The second-order valence-corrected chi connectivity index (χ2v) is 4.99. The first-order valence-electron chi connectivity index (χ1n) is 4.26. The van der Waals surface area contributed by atoms with Gasteiger partial charge in [0.05, 0.1) is 20.7 Å². The van der Waals surface area contributed by atoms with Crippen LogP contribution in [0.25, 0.3) is 0 Å². The van der Waals surface area contributed by atoms with E-state index in [0.29, 0.717) is 0 Å². The molecule has 0 unspecified atom stereocenters. The average molecular weight is 273 g/mol. The second-order valence-electron chi connectivity index (χ2n) is 2.82. The summed E-state index contributed by atoms with van der Waals surface area (Å²) in [6.45, 7) is 2.89. The molecule has 0 aliphatic rings. The van der Waals surface area contributed by atoms with Crippen molar-refractivity contribution >= 4 is 27.3 Å². The summed E-state index contributed by atoms with van der Waals surface area (Å²) in [7, 11) is 0. The van der Waals surface area contributed by atoms with E-state index in [9.17, 15) is 0 Å². The zero-order valence-corrected chi connectivity index (χ0v) is 10.0. The second kappa shape index (κ2) is 4.18. The summed E-state index contributed by atoms with van der Waals surface area (Å²) in [6.07, 6.45) is 2.69. The van der Waals surface area contributed by atoms with Crippen molar-refractivity contribution in [2.45, 2.75) is 19.9 Å². The standard InChI is InChI=1S/C8H9BrN4S/c1-2-13-4-6(11-12-13)3-7-8(9)14-5-10-7/h4-5H,2-3H2,1H3. The number of hydrogen-bond donors (Lipinski definition) is 0. The van der Waals surface area contributed by atoms with Crippen LogP contribution in [0.5, 0.6) is 0 Å². The van der Waals surface area contributed by atoms with Gasteiger partial charge in [-0.15, -0.1) is 16.4 Å². The highest BCUT2D eigenvalue weighted by atomic mass is 79.9. The SMILES string of the molecule is CCn1cc(Cc2ncsc2Br)nn1. The van der Waals surface area contributed by atoms with E-state index in [-0.39, 0.29) is 0 Å². The monoisotopic (exact) mass is 272 g/mol. The Labute approximate surface area is 94.1 Å². The zero-order chi connectivity index (χ0) is 9.97. The van der Waals surface area contributed by atoms with E-state index >= 15 is 0 Å². The summed E-state index contributed by atoms with van der Waals surface area (Å²) in [4.78, 5) is 4.24. The molecule has 2 heterocycles. The molecule has 0 spiro atoms. The number of nitrogens with zero attached hydrogens (tertiary/aromatic N) is 4. The Morgan fingerprint density at radius 1 is 1.57 bits per heavy atom. The van der Waals surface area contributed by atoms with Crippen molar-refractivity contribution in [1.82, 2.24) is 20.0 Å². The van der Waals surface area contributed by atoms with Gasteiger partial charge in [-0.1, -0.05) is 5.21 Å². The van der Waals surface area contributed by atoms with Crippen molar-refractivity contribution in [3.63, 3.8) is 0 Å². The molecule has 0 N–H and O–H groups in total. The molecule has 14 heavy (non-hydrogen) atoms. The van der Waals surface area contributed by atoms with Crippen LogP contribution in [-0.4, -0.2) is 20.0 Å². The highest BCUT2D eigenvalue weighted by molar-refractivity contribution is 9.11. The lowest BCUT2D eigenvalue weighted by atomic mass is 10.3. The molecule has 0 amide bonds. The molecule has 74 valence electrons. The van der Waals surface area contributed by atoms with E-state index in [4.69, 9.17) is 0 Å². The minimum atomic E-state index is 0.740. The van der Waals surface area contributed by atoms with E-state index in [1.807, 2.05) is 23.3 Å². The highest BCUT2D eigenvalue weighted by Gasteiger charge is 2.06. The molecule has 0 saturated heterocycles. The molecule has 4 nitrogen and oxygen atoms in total. The van der Waals surface area contributed by atoms with Gasteiger partial charge in [0, 0.05) is 19.2 Å². The topological polar surface area (TPSA) is 43.6 Å². The van der Waals surface area contributed by atoms with Gasteiger partial charge in [0.1, 0.15) is 0 Å². The van der Waals surface area contributed by atoms with Crippen molar-refractivity contribution in [2.24, 2.45) is 0 Å². The third-order valence-corrected chi connectivity index (χ3v) is 3.52. The van der Waals surface area contributed by atoms with Gasteiger partial charge in [-0.2, -0.15) is 0 Å². The van der Waals surface area contributed by atoms with Crippen LogP contribution in [0.4, 0.5) is 0 Å². The Morgan fingerprint density at radius 3 is 3.00 bits per heavy atom. The molecule has 2 aromatic heterocycles. The lowest BCUT2D eigenvalue weighted by Crippen LogP contribution is -1.93. The maximum absolute atomic E-state index is 4.24. The summed E-state index contributed by atoms with van der Waals surface area (Å²) in [6, 6.07) is 0. The van der Waals surface area contributed by atoms with Crippen molar-refractivity contribution in [3.8, 4) is 0 Å². The molecular formula is C8H9BrN4S. The molecule has 2 aromatic rings. The molecule has 0 fully saturated rings. The highest BCUT2D eigenvalue weighted by Crippen LogP contribution is 2.22. The summed E-state index contributed by atoms with van der Waals surface area (Å²) >= 11 is 5.04. The summed E-state index contributed by atoms with van der Waals surface area (Å²) in [5.41, 5.74) is 3.81. The first-order chi connectivity index (χ1) is 6.79. The Balaban J connectivity index is 2.15. The van der Waals surface area contributed by atoms with Gasteiger partial charge < -0.3 is 0 Å². The largest absolute Gasteiger partial charge is 0.253 e. The number of hydrogen-bond acceptors (Lipinski definition) is 4. The van der Waals surface area contributed by atoms with Crippen LogP contribution in [0.2, 0.25) is 0 Å². The predicted octanol–water partition coefficient (Wildman–Crippen LogP) is 2.11. The Kier molecular flexibility index (Phi) is 2.93. The van der Waals surface area contributed by atoms with E-state index < -0.39 is 0 Å². The van der Waals surface area contributed by atoms with Gasteiger partial charge >= 0.3 is 0 Å². The molecular weight excluding hydrogens is 264 g/mol. The maximum atomic E-state index is 4.24. The third kappa shape index (κ3) is 2.01. The third-order valence-electron chi connectivity index (χ3n) is 1.85. The van der Waals surface area contributed by atoms with Crippen LogP contribution >= 0.6 is 27.3 Å². The molecule has 0 atom stereocenters. The van der Waals surface area contributed by atoms with E-state index in [2.05, 4.69) is 31.2 Å². The molecule has 0 aliphatic heterocycles. The van der Waals surface area contributed by atoms with Gasteiger partial charge in [0.2, 0.25) is 0 Å². The van der Waals surface area contributed by atoms with Crippen molar-refractivity contribution in [2.75, 3.05) is 0 Å². The quantitative estimate of drug-likeness (QED) is 0.860. The number of rotatable bonds is 3. The van der Waals surface area contributed by atoms with Crippen LogP contribution in [0.15, 0.2) is 15.5 Å². The lowest BCUT2D eigenvalue weighted by Gasteiger charge is -1.91. The number of aryl methyl sites for hydroxylation is 1. The molecule has 0 aromatic carbocycles. The minimum absolute atomic E-state index is 0.740. The fourth-order valence-electron chi connectivity index (χ4n) is 1.12. The molecule has 6 heteroatoms. The first-order valence-corrected chi connectivity index (χ1v) is 5.93. The lowest BCUT2D eigenvalue weighted by molar-refractivity contribution is 0.626. The Morgan fingerprint density at radius 2 is 2.43 bits per heavy atom. The number of aromatic nitrogens is 4. The predicted molar refractivity (Wildman–Crippen MR) is 58.3 cm³/mol. The van der Waals surface area contributed by atoms with Gasteiger partial charge in [0.15, 0.2) is 0 Å². The van der Waals surface area contributed by atoms with Crippen LogP contribution in [0.3, 0.4) is 0 Å². The van der Waals surface area contributed by atoms with E-state index in [0.717, 1.165) is 28.1 Å². The fraction of sp³-hybridized carbons (Fsp3) is 0.375. The Bertz CT molecular complexity index is 422. The molecule has 0 aliphatic carbocycles. The van der Waals surface area contributed by atoms with Gasteiger partial charge in [-0.05, 0) is 22.9 Å². The normalized spacial score (nSPS) is 10.7. The summed E-state index contributed by atoms with van der Waals surface area (Å²) in [5, 5.41) is 8.03. The van der Waals surface area contributed by atoms with Crippen LogP contribution in [0, 0.1) is 0 Å². The fourth-order valence-corrected chi connectivity index (χ4v) is 2.14. The number of halogens is 1. The van der Waals surface area contributed by atoms with Crippen molar-refractivity contribution in [1.29, 1.82) is 0 Å². The average Bonchev–Trinajstić information content (AvgIpc) is 2.77. The minimum Gasteiger partial charge on any atom is -0.253 e. The van der Waals surface area contributed by atoms with E-state index in [1.54, 1.807) is 11.3 Å². The van der Waals surface area contributed by atoms with Crippen molar-refractivity contribution in [3.05, 3.63) is 26.9 Å². The molecule has 0 bridgehead atoms. The molecule has 0 radical (unpaired) electrons. The smallest absolute Gasteiger partial charge is 0.0933 e. The van der Waals surface area contributed by atoms with Crippen LogP contribution in [-0.2, 0) is 13.0 Å². The van der Waals surface area contributed by atoms with Gasteiger partial charge in [-0.3, -0.25) is 4.68 Å². The first kappa shape index (κ1) is 9.79. The van der Waals surface area contributed by atoms with Crippen LogP contribution < -0.4 is 0 Å². The van der Waals surface area contributed by atoms with Gasteiger partial charge in [-0.25, -0.2) is 4.98 Å². The van der Waals surface area contributed by atoms with Crippen molar-refractivity contribution < 1.29 is 0 Å². The maximum Gasteiger partial charge on any atom is 0.0933 e. The molecule has 2 rings (SSSR count).